The van der Waals surface area contributed by atoms with E-state index in [0.717, 1.165) is 0 Å². The zero-order valence-corrected chi connectivity index (χ0v) is 12.1. The van der Waals surface area contributed by atoms with Crippen molar-refractivity contribution >= 4 is 11.8 Å². The second kappa shape index (κ2) is 4.51. The van der Waals surface area contributed by atoms with Crippen LogP contribution in [0.3, 0.4) is 0 Å². The van der Waals surface area contributed by atoms with E-state index in [1.54, 1.807) is 0 Å². The molecule has 2 aliphatic heterocycles. The summed E-state index contributed by atoms with van der Waals surface area (Å²) in [5.41, 5.74) is 0.329. The van der Waals surface area contributed by atoms with Gasteiger partial charge in [0.2, 0.25) is 0 Å². The van der Waals surface area contributed by atoms with E-state index >= 15 is 0 Å². The van der Waals surface area contributed by atoms with Crippen LogP contribution in [0.2, 0.25) is 0 Å². The highest BCUT2D eigenvalue weighted by atomic mass is 32.2. The average molecular weight is 242 g/mol. The molecule has 2 heterocycles. The molecule has 16 heavy (non-hydrogen) atoms. The van der Waals surface area contributed by atoms with Gasteiger partial charge in [-0.2, -0.15) is 0 Å². The first-order valence-electron chi connectivity index (χ1n) is 6.62. The lowest BCUT2D eigenvalue weighted by atomic mass is 9.96. The summed E-state index contributed by atoms with van der Waals surface area (Å²) >= 11 is 2.20. The maximum atomic E-state index is 2.70. The van der Waals surface area contributed by atoms with E-state index in [-0.39, 0.29) is 0 Å². The summed E-state index contributed by atoms with van der Waals surface area (Å²) in [7, 11) is 0. The second-order valence-corrected chi connectivity index (χ2v) is 7.53. The van der Waals surface area contributed by atoms with Crippen molar-refractivity contribution in [1.29, 1.82) is 0 Å². The van der Waals surface area contributed by atoms with Crippen molar-refractivity contribution in [2.75, 3.05) is 31.9 Å². The molecule has 2 saturated heterocycles. The first-order valence-corrected chi connectivity index (χ1v) is 7.60. The molecule has 0 aromatic carbocycles. The van der Waals surface area contributed by atoms with Gasteiger partial charge in [0.25, 0.3) is 0 Å². The Balaban J connectivity index is 2.11. The monoisotopic (exact) mass is 242 g/mol. The highest BCUT2D eigenvalue weighted by Gasteiger charge is 2.45. The summed E-state index contributed by atoms with van der Waals surface area (Å²) in [4.78, 5) is 5.83. The number of likely N-dealkylation sites (N-methyl/N-ethyl adjacent to an activating group) is 1. The Morgan fingerprint density at radius 1 is 1.25 bits per heavy atom. The molecule has 1 unspecified atom stereocenters. The summed E-state index contributed by atoms with van der Waals surface area (Å²) in [6.07, 6.45) is 2.75. The molecule has 0 aromatic rings. The topological polar surface area (TPSA) is 6.48 Å². The zero-order valence-electron chi connectivity index (χ0n) is 11.3. The van der Waals surface area contributed by atoms with Gasteiger partial charge in [-0.1, -0.05) is 6.92 Å². The number of rotatable bonds is 1. The lowest BCUT2D eigenvalue weighted by Gasteiger charge is -2.49. The Bertz CT molecular complexity index is 249. The molecule has 0 saturated carbocycles. The summed E-state index contributed by atoms with van der Waals surface area (Å²) < 4.78 is 0. The Morgan fingerprint density at radius 2 is 2.00 bits per heavy atom. The van der Waals surface area contributed by atoms with E-state index < -0.39 is 0 Å². The third-order valence-electron chi connectivity index (χ3n) is 4.07. The van der Waals surface area contributed by atoms with E-state index in [0.29, 0.717) is 10.4 Å². The highest BCUT2D eigenvalue weighted by molar-refractivity contribution is 8.00. The predicted octanol–water partition coefficient (Wildman–Crippen LogP) is 2.65. The van der Waals surface area contributed by atoms with Crippen molar-refractivity contribution in [3.63, 3.8) is 0 Å². The van der Waals surface area contributed by atoms with Crippen molar-refractivity contribution in [2.45, 2.75) is 50.9 Å². The van der Waals surface area contributed by atoms with E-state index in [1.807, 2.05) is 0 Å². The fourth-order valence-electron chi connectivity index (χ4n) is 3.04. The van der Waals surface area contributed by atoms with Crippen molar-refractivity contribution in [2.24, 2.45) is 0 Å². The molecule has 0 amide bonds. The van der Waals surface area contributed by atoms with Gasteiger partial charge in [0, 0.05) is 24.4 Å². The van der Waals surface area contributed by atoms with Gasteiger partial charge in [-0.15, -0.1) is 11.8 Å². The molecule has 0 radical (unpaired) electrons. The molecule has 0 N–H and O–H groups in total. The predicted molar refractivity (Wildman–Crippen MR) is 73.0 cm³/mol. The second-order valence-electron chi connectivity index (χ2n) is 6.07. The van der Waals surface area contributed by atoms with Crippen LogP contribution in [-0.4, -0.2) is 52.1 Å². The molecule has 2 nitrogen and oxygen atoms in total. The van der Waals surface area contributed by atoms with Gasteiger partial charge < -0.3 is 0 Å². The van der Waals surface area contributed by atoms with E-state index in [2.05, 4.69) is 49.3 Å². The minimum atomic E-state index is 0.329. The van der Waals surface area contributed by atoms with E-state index in [1.165, 1.54) is 44.8 Å². The third-order valence-corrected chi connectivity index (χ3v) is 5.59. The van der Waals surface area contributed by atoms with Gasteiger partial charge in [-0.05, 0) is 46.7 Å². The summed E-state index contributed by atoms with van der Waals surface area (Å²) in [6.45, 7) is 14.4. The lowest BCUT2D eigenvalue weighted by Crippen LogP contribution is -2.58. The number of hydrogen-bond donors (Lipinski definition) is 0. The quantitative estimate of drug-likeness (QED) is 0.698. The molecule has 0 aliphatic carbocycles. The fraction of sp³-hybridized carbons (Fsp3) is 1.00. The van der Waals surface area contributed by atoms with Crippen LogP contribution in [0.15, 0.2) is 0 Å². The molecule has 1 spiro atoms. The normalized spacial score (nSPS) is 33.8. The van der Waals surface area contributed by atoms with Crippen LogP contribution in [0.1, 0.15) is 40.5 Å². The van der Waals surface area contributed by atoms with Gasteiger partial charge in [0.15, 0.2) is 0 Å². The maximum absolute atomic E-state index is 2.70. The minimum Gasteiger partial charge on any atom is -0.296 e. The standard InChI is InChI=1S/C13H26N2S/c1-5-14-9-10-16-13(14)7-6-8-15(11-13)12(2,3)4/h5-11H2,1-4H3. The highest BCUT2D eigenvalue weighted by Crippen LogP contribution is 2.43. The molecule has 0 aromatic heterocycles. The van der Waals surface area contributed by atoms with Crippen LogP contribution in [0.25, 0.3) is 0 Å². The molecular weight excluding hydrogens is 216 g/mol. The van der Waals surface area contributed by atoms with Crippen molar-refractivity contribution in [3.8, 4) is 0 Å². The molecule has 2 aliphatic rings. The van der Waals surface area contributed by atoms with Gasteiger partial charge in [0.1, 0.15) is 0 Å². The van der Waals surface area contributed by atoms with Gasteiger partial charge in [-0.25, -0.2) is 0 Å². The lowest BCUT2D eigenvalue weighted by molar-refractivity contribution is 0.0372. The van der Waals surface area contributed by atoms with Gasteiger partial charge in [-0.3, -0.25) is 9.80 Å². The Labute approximate surface area is 105 Å². The summed E-state index contributed by atoms with van der Waals surface area (Å²) in [6, 6.07) is 0. The molecule has 1 atom stereocenters. The summed E-state index contributed by atoms with van der Waals surface area (Å²) in [5, 5.41) is 0. The molecular formula is C13H26N2S. The van der Waals surface area contributed by atoms with Crippen molar-refractivity contribution < 1.29 is 0 Å². The average Bonchev–Trinajstić information content (AvgIpc) is 2.59. The Hall–Kier alpha value is 0.270. The first kappa shape index (κ1) is 12.7. The number of likely N-dealkylation sites (tertiary alicyclic amines) is 1. The number of hydrogen-bond acceptors (Lipinski definition) is 3. The third kappa shape index (κ3) is 2.27. The fourth-order valence-corrected chi connectivity index (χ4v) is 4.67. The van der Waals surface area contributed by atoms with E-state index in [4.69, 9.17) is 0 Å². The molecule has 2 fully saturated rings. The molecule has 0 bridgehead atoms. The summed E-state index contributed by atoms with van der Waals surface area (Å²) in [5.74, 6) is 1.33. The van der Waals surface area contributed by atoms with E-state index in [9.17, 15) is 0 Å². The smallest absolute Gasteiger partial charge is 0.0799 e. The largest absolute Gasteiger partial charge is 0.296 e. The van der Waals surface area contributed by atoms with Crippen LogP contribution in [0, 0.1) is 0 Å². The number of piperidine rings is 1. The molecule has 3 heteroatoms. The Morgan fingerprint density at radius 3 is 2.62 bits per heavy atom. The van der Waals surface area contributed by atoms with Crippen molar-refractivity contribution in [3.05, 3.63) is 0 Å². The molecule has 94 valence electrons. The van der Waals surface area contributed by atoms with Crippen LogP contribution in [0.4, 0.5) is 0 Å². The number of thioether (sulfide) groups is 1. The van der Waals surface area contributed by atoms with Crippen LogP contribution < -0.4 is 0 Å². The maximum Gasteiger partial charge on any atom is 0.0799 e. The minimum absolute atomic E-state index is 0.329. The SMILES string of the molecule is CCN1CCSC12CCCN(C(C)(C)C)C2. The van der Waals surface area contributed by atoms with Crippen LogP contribution in [-0.2, 0) is 0 Å². The van der Waals surface area contributed by atoms with Crippen LogP contribution in [0.5, 0.6) is 0 Å². The molecule has 2 rings (SSSR count). The Kier molecular flexibility index (Phi) is 3.58. The first-order chi connectivity index (χ1) is 7.48. The zero-order chi connectivity index (χ0) is 11.8. The number of nitrogens with zero attached hydrogens (tertiary/aromatic N) is 2. The van der Waals surface area contributed by atoms with Gasteiger partial charge >= 0.3 is 0 Å². The van der Waals surface area contributed by atoms with Crippen molar-refractivity contribution in [1.82, 2.24) is 9.80 Å². The van der Waals surface area contributed by atoms with Crippen LogP contribution >= 0.6 is 11.8 Å². The van der Waals surface area contributed by atoms with Gasteiger partial charge in [0.05, 0.1) is 4.87 Å².